The van der Waals surface area contributed by atoms with E-state index in [0.717, 1.165) is 4.47 Å². The molecular formula is C11H14BrN3O4S. The lowest BCUT2D eigenvalue weighted by Crippen LogP contribution is -2.41. The summed E-state index contributed by atoms with van der Waals surface area (Å²) < 4.78 is 0.769. The van der Waals surface area contributed by atoms with Gasteiger partial charge in [-0.05, 0) is 34.8 Å². The van der Waals surface area contributed by atoms with Crippen LogP contribution >= 0.6 is 27.3 Å². The minimum atomic E-state index is -1.12. The van der Waals surface area contributed by atoms with Gasteiger partial charge in [0.25, 0.3) is 5.91 Å². The van der Waals surface area contributed by atoms with Crippen molar-refractivity contribution in [3.8, 4) is 0 Å². The number of urea groups is 1. The number of carbonyl (C=O) groups is 3. The van der Waals surface area contributed by atoms with Gasteiger partial charge in [0.1, 0.15) is 6.04 Å². The Labute approximate surface area is 127 Å². The third-order valence-electron chi connectivity index (χ3n) is 2.36. The Morgan fingerprint density at radius 1 is 1.45 bits per heavy atom. The highest BCUT2D eigenvalue weighted by Crippen LogP contribution is 2.19. The zero-order valence-corrected chi connectivity index (χ0v) is 12.8. The summed E-state index contributed by atoms with van der Waals surface area (Å²) in [5.74, 6) is -1.55. The van der Waals surface area contributed by atoms with Gasteiger partial charge in [-0.25, -0.2) is 9.59 Å². The lowest BCUT2D eigenvalue weighted by molar-refractivity contribution is -0.139. The summed E-state index contributed by atoms with van der Waals surface area (Å²) >= 11 is 4.44. The lowest BCUT2D eigenvalue weighted by atomic mass is 10.1. The van der Waals surface area contributed by atoms with Crippen molar-refractivity contribution in [1.29, 1.82) is 0 Å². The van der Waals surface area contributed by atoms with E-state index in [-0.39, 0.29) is 13.0 Å². The number of carboxylic acids is 1. The number of carbonyl (C=O) groups excluding carboxylic acids is 2. The lowest BCUT2D eigenvalue weighted by Gasteiger charge is -2.13. The van der Waals surface area contributed by atoms with Crippen molar-refractivity contribution in [2.45, 2.75) is 18.9 Å². The topological polar surface area (TPSA) is 122 Å². The molecule has 0 aliphatic carbocycles. The summed E-state index contributed by atoms with van der Waals surface area (Å²) in [7, 11) is 0. The molecule has 1 aromatic heterocycles. The molecule has 1 rings (SSSR count). The van der Waals surface area contributed by atoms with Crippen molar-refractivity contribution in [1.82, 2.24) is 10.6 Å². The number of halogens is 1. The van der Waals surface area contributed by atoms with E-state index in [1.54, 1.807) is 11.4 Å². The van der Waals surface area contributed by atoms with Crippen LogP contribution < -0.4 is 16.4 Å². The number of rotatable bonds is 7. The average molecular weight is 364 g/mol. The standard InChI is InChI=1S/C11H14BrN3O4S/c12-6-4-8(20-5-6)9(16)15-7(10(17)18)2-1-3-14-11(13)19/h4-5,7H,1-3H2,(H,15,16)(H,17,18)(H3,13,14,19). The number of carboxylic acid groups (broad SMARTS) is 1. The van der Waals surface area contributed by atoms with Crippen molar-refractivity contribution in [2.24, 2.45) is 5.73 Å². The van der Waals surface area contributed by atoms with Gasteiger partial charge >= 0.3 is 12.0 Å². The highest BCUT2D eigenvalue weighted by molar-refractivity contribution is 9.10. The van der Waals surface area contributed by atoms with Crippen molar-refractivity contribution < 1.29 is 19.5 Å². The molecule has 0 fully saturated rings. The third-order valence-corrected chi connectivity index (χ3v) is 4.05. The summed E-state index contributed by atoms with van der Waals surface area (Å²) in [5, 5.41) is 15.6. The van der Waals surface area contributed by atoms with Crippen molar-refractivity contribution in [3.63, 3.8) is 0 Å². The Kier molecular flexibility index (Phi) is 6.46. The fourth-order valence-corrected chi connectivity index (χ4v) is 2.77. The van der Waals surface area contributed by atoms with Gasteiger partial charge in [0.05, 0.1) is 4.88 Å². The number of primary amides is 1. The van der Waals surface area contributed by atoms with Gasteiger partial charge in [-0.1, -0.05) is 0 Å². The molecule has 0 aliphatic rings. The summed E-state index contributed by atoms with van der Waals surface area (Å²) in [6.07, 6.45) is 0.599. The first kappa shape index (κ1) is 16.4. The molecule has 1 unspecified atom stereocenters. The van der Waals surface area contributed by atoms with Crippen LogP contribution in [0.2, 0.25) is 0 Å². The normalized spacial score (nSPS) is 11.7. The van der Waals surface area contributed by atoms with Gasteiger partial charge in [-0.2, -0.15) is 0 Å². The molecule has 0 radical (unpaired) electrons. The number of thiophene rings is 1. The smallest absolute Gasteiger partial charge is 0.326 e. The summed E-state index contributed by atoms with van der Waals surface area (Å²) in [4.78, 5) is 33.8. The minimum absolute atomic E-state index is 0.202. The summed E-state index contributed by atoms with van der Waals surface area (Å²) in [6, 6.07) is -0.0458. The van der Waals surface area contributed by atoms with Gasteiger partial charge in [-0.15, -0.1) is 11.3 Å². The van der Waals surface area contributed by atoms with Crippen LogP contribution in [0.4, 0.5) is 4.79 Å². The number of aliphatic carboxylic acids is 1. The van der Waals surface area contributed by atoms with Crippen LogP contribution in [0.1, 0.15) is 22.5 Å². The monoisotopic (exact) mass is 363 g/mol. The average Bonchev–Trinajstić information content (AvgIpc) is 2.79. The molecule has 0 aromatic carbocycles. The number of hydrogen-bond acceptors (Lipinski definition) is 4. The van der Waals surface area contributed by atoms with Crippen molar-refractivity contribution >= 4 is 45.2 Å². The highest BCUT2D eigenvalue weighted by Gasteiger charge is 2.21. The molecule has 1 heterocycles. The first-order valence-electron chi connectivity index (χ1n) is 5.71. The molecule has 0 saturated heterocycles. The molecule has 1 aromatic rings. The van der Waals surface area contributed by atoms with Crippen LogP contribution in [0.5, 0.6) is 0 Å². The second-order valence-corrected chi connectivity index (χ2v) is 5.75. The first-order chi connectivity index (χ1) is 9.40. The maximum atomic E-state index is 11.8. The van der Waals surface area contributed by atoms with Crippen LogP contribution in [0, 0.1) is 0 Å². The quantitative estimate of drug-likeness (QED) is 0.542. The van der Waals surface area contributed by atoms with Crippen LogP contribution in [0.15, 0.2) is 15.9 Å². The molecule has 7 nitrogen and oxygen atoms in total. The van der Waals surface area contributed by atoms with Gasteiger partial charge in [0, 0.05) is 16.4 Å². The number of nitrogens with one attached hydrogen (secondary N) is 2. The predicted octanol–water partition coefficient (Wildman–Crippen LogP) is 1.14. The van der Waals surface area contributed by atoms with E-state index in [4.69, 9.17) is 10.8 Å². The zero-order chi connectivity index (χ0) is 15.1. The van der Waals surface area contributed by atoms with Gasteiger partial charge < -0.3 is 21.5 Å². The molecule has 1 atom stereocenters. The predicted molar refractivity (Wildman–Crippen MR) is 77.7 cm³/mol. The fraction of sp³-hybridized carbons (Fsp3) is 0.364. The van der Waals surface area contributed by atoms with Crippen molar-refractivity contribution in [2.75, 3.05) is 6.54 Å². The SMILES string of the molecule is NC(=O)NCCCC(NC(=O)c1cc(Br)cs1)C(=O)O. The Morgan fingerprint density at radius 3 is 2.65 bits per heavy atom. The van der Waals surface area contributed by atoms with E-state index in [9.17, 15) is 14.4 Å². The molecule has 5 N–H and O–H groups in total. The van der Waals surface area contributed by atoms with Crippen LogP contribution in [0.25, 0.3) is 0 Å². The van der Waals surface area contributed by atoms with Gasteiger partial charge in [0.2, 0.25) is 0 Å². The summed E-state index contributed by atoms with van der Waals surface area (Å²) in [5.41, 5.74) is 4.89. The van der Waals surface area contributed by atoms with Gasteiger partial charge in [0.15, 0.2) is 0 Å². The van der Waals surface area contributed by atoms with E-state index in [2.05, 4.69) is 26.6 Å². The van der Waals surface area contributed by atoms with E-state index in [0.29, 0.717) is 11.3 Å². The van der Waals surface area contributed by atoms with Crippen molar-refractivity contribution in [3.05, 3.63) is 20.8 Å². The van der Waals surface area contributed by atoms with Crippen LogP contribution in [-0.2, 0) is 4.79 Å². The second kappa shape index (κ2) is 7.85. The molecule has 0 aliphatic heterocycles. The molecule has 3 amide bonds. The molecule has 0 saturated carbocycles. The molecule has 20 heavy (non-hydrogen) atoms. The van der Waals surface area contributed by atoms with E-state index in [1.165, 1.54) is 11.3 Å². The second-order valence-electron chi connectivity index (χ2n) is 3.93. The highest BCUT2D eigenvalue weighted by atomic mass is 79.9. The molecule has 110 valence electrons. The maximum absolute atomic E-state index is 11.8. The van der Waals surface area contributed by atoms with E-state index < -0.39 is 23.9 Å². The Bertz CT molecular complexity index is 506. The van der Waals surface area contributed by atoms with Gasteiger partial charge in [-0.3, -0.25) is 4.79 Å². The third kappa shape index (κ3) is 5.57. The largest absolute Gasteiger partial charge is 0.480 e. The fourth-order valence-electron chi connectivity index (χ4n) is 1.44. The van der Waals surface area contributed by atoms with Crippen LogP contribution in [0.3, 0.4) is 0 Å². The molecule has 9 heteroatoms. The Morgan fingerprint density at radius 2 is 2.15 bits per heavy atom. The van der Waals surface area contributed by atoms with Crippen LogP contribution in [-0.4, -0.2) is 35.6 Å². The minimum Gasteiger partial charge on any atom is -0.480 e. The first-order valence-corrected chi connectivity index (χ1v) is 7.38. The summed E-state index contributed by atoms with van der Waals surface area (Å²) in [6.45, 7) is 0.263. The maximum Gasteiger partial charge on any atom is 0.326 e. The Balaban J connectivity index is 2.48. The molecule has 0 bridgehead atoms. The molecular weight excluding hydrogens is 350 g/mol. The number of amides is 3. The van der Waals surface area contributed by atoms with E-state index >= 15 is 0 Å². The Hall–Kier alpha value is -1.61. The number of nitrogens with two attached hydrogens (primary N) is 1. The molecule has 0 spiro atoms. The van der Waals surface area contributed by atoms with E-state index in [1.807, 2.05) is 0 Å². The number of hydrogen-bond donors (Lipinski definition) is 4. The zero-order valence-electron chi connectivity index (χ0n) is 10.4.